The minimum Gasteiger partial charge on any atom is -0.369 e. The molecule has 1 heterocycles. The Morgan fingerprint density at radius 1 is 0.704 bits per heavy atom. The fourth-order valence-corrected chi connectivity index (χ4v) is 2.89. The molecule has 0 aliphatic carbocycles. The lowest BCUT2D eigenvalue weighted by Gasteiger charge is -2.01. The summed E-state index contributed by atoms with van der Waals surface area (Å²) in [6, 6.07) is 12.0. The van der Waals surface area contributed by atoms with E-state index in [9.17, 15) is 0 Å². The van der Waals surface area contributed by atoms with Crippen LogP contribution in [0, 0.1) is 0 Å². The van der Waals surface area contributed by atoms with Gasteiger partial charge < -0.3 is 22.9 Å². The molecule has 0 atom stereocenters. The molecule has 0 spiro atoms. The van der Waals surface area contributed by atoms with Crippen molar-refractivity contribution in [2.24, 2.45) is 43.3 Å². The van der Waals surface area contributed by atoms with Gasteiger partial charge in [0.2, 0.25) is 11.9 Å². The van der Waals surface area contributed by atoms with Crippen LogP contribution in [0.4, 0.5) is 0 Å². The van der Waals surface area contributed by atoms with E-state index in [0.717, 1.165) is 32.3 Å². The van der Waals surface area contributed by atoms with Gasteiger partial charge in [0.15, 0.2) is 0 Å². The zero-order valence-corrected chi connectivity index (χ0v) is 17.2. The van der Waals surface area contributed by atoms with Crippen LogP contribution in [0.25, 0.3) is 10.4 Å². The molecule has 0 saturated heterocycles. The average molecular weight is 429 g/mol. The highest BCUT2D eigenvalue weighted by Gasteiger charge is 2.06. The first kappa shape index (κ1) is 24.4. The third kappa shape index (κ3) is 7.26. The van der Waals surface area contributed by atoms with Crippen LogP contribution in [-0.4, -0.2) is 23.3 Å². The Labute approximate surface area is 174 Å². The van der Waals surface area contributed by atoms with Crippen molar-refractivity contribution in [3.63, 3.8) is 0 Å². The van der Waals surface area contributed by atoms with Crippen LogP contribution in [0.2, 0.25) is 0 Å². The van der Waals surface area contributed by atoms with E-state index in [4.69, 9.17) is 22.9 Å². The largest absolute Gasteiger partial charge is 0.369 e. The zero-order chi connectivity index (χ0) is 18.4. The minimum atomic E-state index is -0.0696. The summed E-state index contributed by atoms with van der Waals surface area (Å²) < 4.78 is 0. The van der Waals surface area contributed by atoms with Crippen molar-refractivity contribution in [3.05, 3.63) is 46.8 Å². The summed E-state index contributed by atoms with van der Waals surface area (Å²) in [6.07, 6.45) is 0. The molecule has 8 nitrogen and oxygen atoms in total. The summed E-state index contributed by atoms with van der Waals surface area (Å²) in [6.45, 7) is 3.70. The van der Waals surface area contributed by atoms with Crippen LogP contribution in [0.15, 0.2) is 56.8 Å². The summed E-state index contributed by atoms with van der Waals surface area (Å²) in [5.74, 6) is -0.135. The molecule has 0 amide bonds. The Morgan fingerprint density at radius 3 is 1.74 bits per heavy atom. The van der Waals surface area contributed by atoms with E-state index in [1.807, 2.05) is 50.2 Å². The standard InChI is InChI=1S/C16H20N8S.2ClH/c1-9(21-23-15(17)18)11-3-5-12(6-4-11)14-8-7-13(25-14)10(2)22-24-16(19)20;;/h3-8H,1-2H3,(H4,17,18,23)(H4,19,20,24);2*1H/b21-9+,22-10+;;. The highest BCUT2D eigenvalue weighted by molar-refractivity contribution is 7.17. The Hall–Kier alpha value is -2.62. The van der Waals surface area contributed by atoms with Gasteiger partial charge in [-0.25, -0.2) is 0 Å². The topological polar surface area (TPSA) is 154 Å². The molecule has 0 fully saturated rings. The first-order valence-corrected chi connectivity index (χ1v) is 8.16. The number of nitrogens with two attached hydrogens (primary N) is 4. The molecule has 11 heteroatoms. The van der Waals surface area contributed by atoms with E-state index in [0.29, 0.717) is 0 Å². The number of hydrogen-bond donors (Lipinski definition) is 4. The molecule has 0 unspecified atom stereocenters. The molecule has 0 saturated carbocycles. The van der Waals surface area contributed by atoms with Crippen molar-refractivity contribution in [1.29, 1.82) is 0 Å². The maximum atomic E-state index is 5.28. The number of thiophene rings is 1. The van der Waals surface area contributed by atoms with Crippen LogP contribution in [0.1, 0.15) is 24.3 Å². The summed E-state index contributed by atoms with van der Waals surface area (Å²) in [5, 5.41) is 15.3. The van der Waals surface area contributed by atoms with Gasteiger partial charge in [-0.1, -0.05) is 24.3 Å². The lowest BCUT2D eigenvalue weighted by Crippen LogP contribution is -2.22. The van der Waals surface area contributed by atoms with Crippen molar-refractivity contribution in [1.82, 2.24) is 0 Å². The highest BCUT2D eigenvalue weighted by atomic mass is 35.5. The van der Waals surface area contributed by atoms with E-state index in [2.05, 4.69) is 20.4 Å². The molecule has 0 bridgehead atoms. The third-order valence-electron chi connectivity index (χ3n) is 3.18. The van der Waals surface area contributed by atoms with Gasteiger partial charge in [-0.3, -0.25) is 0 Å². The van der Waals surface area contributed by atoms with E-state index in [-0.39, 0.29) is 36.7 Å². The van der Waals surface area contributed by atoms with Crippen molar-refractivity contribution < 1.29 is 0 Å². The lowest BCUT2D eigenvalue weighted by atomic mass is 10.1. The molecule has 8 N–H and O–H groups in total. The number of nitrogens with zero attached hydrogens (tertiary/aromatic N) is 4. The van der Waals surface area contributed by atoms with Crippen LogP contribution < -0.4 is 22.9 Å². The summed E-state index contributed by atoms with van der Waals surface area (Å²) in [7, 11) is 0. The smallest absolute Gasteiger partial charge is 0.211 e. The first-order chi connectivity index (χ1) is 11.9. The van der Waals surface area contributed by atoms with E-state index in [1.54, 1.807) is 11.3 Å². The Balaban J connectivity index is 0.00000338. The normalized spacial score (nSPS) is 11.0. The molecule has 1 aromatic heterocycles. The molecule has 2 rings (SSSR count). The number of hydrogen-bond acceptors (Lipinski definition) is 5. The summed E-state index contributed by atoms with van der Waals surface area (Å²) in [5.41, 5.74) is 24.6. The molecule has 0 aliphatic rings. The molecule has 146 valence electrons. The first-order valence-electron chi connectivity index (χ1n) is 7.34. The van der Waals surface area contributed by atoms with Gasteiger partial charge in [-0.2, -0.15) is 10.2 Å². The van der Waals surface area contributed by atoms with Crippen molar-refractivity contribution in [3.8, 4) is 10.4 Å². The van der Waals surface area contributed by atoms with Gasteiger partial charge in [0.25, 0.3) is 0 Å². The summed E-state index contributed by atoms with van der Waals surface area (Å²) in [4.78, 5) is 2.11. The number of guanidine groups is 2. The number of rotatable bonds is 5. The van der Waals surface area contributed by atoms with Crippen molar-refractivity contribution >= 4 is 59.5 Å². The van der Waals surface area contributed by atoms with Crippen molar-refractivity contribution in [2.45, 2.75) is 13.8 Å². The van der Waals surface area contributed by atoms with Crippen molar-refractivity contribution in [2.75, 3.05) is 0 Å². The van der Waals surface area contributed by atoms with Gasteiger partial charge in [0.05, 0.1) is 16.3 Å². The fraction of sp³-hybridized carbons (Fsp3) is 0.125. The quantitative estimate of drug-likeness (QED) is 0.327. The minimum absolute atomic E-state index is 0. The monoisotopic (exact) mass is 428 g/mol. The predicted molar refractivity (Wildman–Crippen MR) is 120 cm³/mol. The second-order valence-corrected chi connectivity index (χ2v) is 6.25. The van der Waals surface area contributed by atoms with Gasteiger partial charge in [-0.15, -0.1) is 46.4 Å². The summed E-state index contributed by atoms with van der Waals surface area (Å²) >= 11 is 1.61. The highest BCUT2D eigenvalue weighted by Crippen LogP contribution is 2.29. The van der Waals surface area contributed by atoms with Crippen LogP contribution in [0.3, 0.4) is 0 Å². The van der Waals surface area contributed by atoms with Crippen LogP contribution in [0.5, 0.6) is 0 Å². The second-order valence-electron chi connectivity index (χ2n) is 5.16. The van der Waals surface area contributed by atoms with Gasteiger partial charge in [-0.05, 0) is 37.1 Å². The van der Waals surface area contributed by atoms with Gasteiger partial charge in [0, 0.05) is 4.88 Å². The zero-order valence-electron chi connectivity index (χ0n) is 14.8. The van der Waals surface area contributed by atoms with Crippen LogP contribution >= 0.6 is 36.2 Å². The molecular formula is C16H22Cl2N8S. The molecule has 27 heavy (non-hydrogen) atoms. The van der Waals surface area contributed by atoms with Gasteiger partial charge in [0.1, 0.15) is 0 Å². The third-order valence-corrected chi connectivity index (χ3v) is 4.42. The van der Waals surface area contributed by atoms with Gasteiger partial charge >= 0.3 is 0 Å². The Morgan fingerprint density at radius 2 is 1.22 bits per heavy atom. The maximum Gasteiger partial charge on any atom is 0.211 e. The van der Waals surface area contributed by atoms with E-state index in [1.165, 1.54) is 0 Å². The number of benzene rings is 1. The Kier molecular flexibility index (Phi) is 10.1. The second kappa shape index (κ2) is 11.2. The lowest BCUT2D eigenvalue weighted by molar-refractivity contribution is 1.20. The SMILES string of the molecule is C/C(=N\N=C(N)N)c1ccc(-c2ccc(/C(C)=N/N=C(N)N)s2)cc1.Cl.Cl. The molecule has 0 radical (unpaired) electrons. The predicted octanol–water partition coefficient (Wildman–Crippen LogP) is 2.25. The number of halogens is 2. The van der Waals surface area contributed by atoms with E-state index < -0.39 is 0 Å². The van der Waals surface area contributed by atoms with E-state index >= 15 is 0 Å². The fourth-order valence-electron chi connectivity index (χ4n) is 1.94. The van der Waals surface area contributed by atoms with Crippen LogP contribution in [-0.2, 0) is 0 Å². The maximum absolute atomic E-state index is 5.28. The molecule has 2 aromatic rings. The average Bonchev–Trinajstić information content (AvgIpc) is 3.07. The Bertz CT molecular complexity index is 861. The molecule has 0 aliphatic heterocycles. The molecule has 1 aromatic carbocycles. The molecular weight excluding hydrogens is 407 g/mol.